The standard InChI is InChI=1S/C23H27FN2O.C9H11N3/c1-13(2)16(5)21(23-25-9-10-26-23)18(7)22(24)17(6)19-11-15(4)20(27-8)12-14(19)3;1-2-12-9(4-5-9)8-10-6-3-7-11-8/h9-12H,1,6H2,2-5,7-8H3,(H,25,26);2-3,6-7,12H,1,4-5H2/b21-16-,22-18-;. The van der Waals surface area contributed by atoms with E-state index < -0.39 is 0 Å². The highest BCUT2D eigenvalue weighted by molar-refractivity contribution is 5.87. The van der Waals surface area contributed by atoms with Gasteiger partial charge in [-0.15, -0.1) is 0 Å². The number of nitrogens with zero attached hydrogens (tertiary/aromatic N) is 3. The van der Waals surface area contributed by atoms with Crippen LogP contribution in [0.2, 0.25) is 0 Å². The van der Waals surface area contributed by atoms with Crippen LogP contribution in [0.4, 0.5) is 4.39 Å². The number of hydrogen-bond donors (Lipinski definition) is 2. The van der Waals surface area contributed by atoms with Gasteiger partial charge < -0.3 is 15.0 Å². The number of aromatic amines is 1. The van der Waals surface area contributed by atoms with Crippen LogP contribution in [0, 0.1) is 13.8 Å². The van der Waals surface area contributed by atoms with Crippen LogP contribution in [-0.2, 0) is 5.54 Å². The molecule has 0 aliphatic heterocycles. The van der Waals surface area contributed by atoms with Gasteiger partial charge in [-0.2, -0.15) is 0 Å². The fourth-order valence-corrected chi connectivity index (χ4v) is 4.34. The molecule has 204 valence electrons. The average Bonchev–Trinajstić information content (AvgIpc) is 3.52. The number of H-pyrrole nitrogens is 1. The molecule has 0 radical (unpaired) electrons. The van der Waals surface area contributed by atoms with Gasteiger partial charge in [0.05, 0.1) is 12.6 Å². The summed E-state index contributed by atoms with van der Waals surface area (Å²) in [5, 5.41) is 3.19. The van der Waals surface area contributed by atoms with E-state index in [4.69, 9.17) is 4.74 Å². The van der Waals surface area contributed by atoms with Crippen LogP contribution < -0.4 is 10.1 Å². The molecular weight excluding hydrogens is 489 g/mol. The zero-order chi connectivity index (χ0) is 28.7. The summed E-state index contributed by atoms with van der Waals surface area (Å²) in [4.78, 5) is 15.8. The summed E-state index contributed by atoms with van der Waals surface area (Å²) in [6, 6.07) is 5.64. The molecule has 0 saturated heterocycles. The van der Waals surface area contributed by atoms with Crippen LogP contribution in [0.3, 0.4) is 0 Å². The number of aromatic nitrogens is 4. The van der Waals surface area contributed by atoms with Gasteiger partial charge in [-0.1, -0.05) is 25.3 Å². The first-order chi connectivity index (χ1) is 18.6. The summed E-state index contributed by atoms with van der Waals surface area (Å²) in [5.41, 5.74) is 5.87. The first-order valence-electron chi connectivity index (χ1n) is 12.8. The number of halogens is 1. The van der Waals surface area contributed by atoms with Gasteiger partial charge in [-0.25, -0.2) is 19.3 Å². The highest BCUT2D eigenvalue weighted by Gasteiger charge is 2.46. The molecule has 39 heavy (non-hydrogen) atoms. The lowest BCUT2D eigenvalue weighted by atomic mass is 9.92. The van der Waals surface area contributed by atoms with Crippen LogP contribution in [0.25, 0.3) is 11.1 Å². The lowest BCUT2D eigenvalue weighted by Gasteiger charge is -2.16. The minimum Gasteiger partial charge on any atom is -0.496 e. The van der Waals surface area contributed by atoms with Gasteiger partial charge in [0, 0.05) is 35.9 Å². The second kappa shape index (κ2) is 12.5. The van der Waals surface area contributed by atoms with Crippen LogP contribution in [0.5, 0.6) is 5.75 Å². The van der Waals surface area contributed by atoms with Crippen molar-refractivity contribution in [3.05, 3.63) is 120 Å². The third kappa shape index (κ3) is 6.60. The second-order valence-corrected chi connectivity index (χ2v) is 9.78. The second-order valence-electron chi connectivity index (χ2n) is 9.78. The van der Waals surface area contributed by atoms with E-state index in [9.17, 15) is 0 Å². The predicted molar refractivity (Wildman–Crippen MR) is 158 cm³/mol. The van der Waals surface area contributed by atoms with Crippen molar-refractivity contribution in [1.29, 1.82) is 0 Å². The molecular formula is C32H38FN5O. The molecule has 0 bridgehead atoms. The van der Waals surface area contributed by atoms with Gasteiger partial charge in [0.25, 0.3) is 0 Å². The number of ether oxygens (including phenoxy) is 1. The Labute approximate surface area is 231 Å². The van der Waals surface area contributed by atoms with Crippen LogP contribution in [0.1, 0.15) is 62.0 Å². The normalized spacial score (nSPS) is 14.6. The van der Waals surface area contributed by atoms with Gasteiger partial charge in [-0.3, -0.25) is 0 Å². The molecule has 1 fully saturated rings. The summed E-state index contributed by atoms with van der Waals surface area (Å²) < 4.78 is 20.8. The number of allylic oxidation sites excluding steroid dienone is 6. The zero-order valence-electron chi connectivity index (χ0n) is 23.8. The van der Waals surface area contributed by atoms with Crippen LogP contribution in [0.15, 0.2) is 91.5 Å². The Hall–Kier alpha value is -4.26. The lowest BCUT2D eigenvalue weighted by Crippen LogP contribution is -2.25. The molecule has 1 saturated carbocycles. The first-order valence-corrected chi connectivity index (χ1v) is 12.8. The maximum atomic E-state index is 15.5. The molecule has 2 heterocycles. The Bertz CT molecular complexity index is 1410. The minimum atomic E-state index is -0.366. The summed E-state index contributed by atoms with van der Waals surface area (Å²) in [6.45, 7) is 21.1. The van der Waals surface area contributed by atoms with E-state index in [0.29, 0.717) is 22.5 Å². The summed E-state index contributed by atoms with van der Waals surface area (Å²) >= 11 is 0. The molecule has 1 aliphatic carbocycles. The molecule has 2 aromatic heterocycles. The van der Waals surface area contributed by atoms with E-state index in [1.165, 1.54) is 0 Å². The van der Waals surface area contributed by atoms with E-state index in [2.05, 4.69) is 45.0 Å². The smallest absolute Gasteiger partial charge is 0.153 e. The van der Waals surface area contributed by atoms with Gasteiger partial charge in [0.2, 0.25) is 0 Å². The van der Waals surface area contributed by atoms with Crippen LogP contribution in [-0.4, -0.2) is 27.0 Å². The highest BCUT2D eigenvalue weighted by atomic mass is 19.1. The number of aryl methyl sites for hydroxylation is 2. The van der Waals surface area contributed by atoms with Gasteiger partial charge in [0.1, 0.15) is 17.4 Å². The largest absolute Gasteiger partial charge is 0.496 e. The molecule has 2 N–H and O–H groups in total. The molecule has 0 spiro atoms. The summed E-state index contributed by atoms with van der Waals surface area (Å²) in [7, 11) is 1.63. The van der Waals surface area contributed by atoms with E-state index in [0.717, 1.165) is 52.3 Å². The molecule has 0 amide bonds. The number of benzene rings is 1. The predicted octanol–water partition coefficient (Wildman–Crippen LogP) is 7.54. The number of nitrogens with one attached hydrogen (secondary N) is 2. The maximum absolute atomic E-state index is 15.5. The van der Waals surface area contributed by atoms with Crippen molar-refractivity contribution < 1.29 is 9.13 Å². The summed E-state index contributed by atoms with van der Waals surface area (Å²) in [6.07, 6.45) is 10.8. The van der Waals surface area contributed by atoms with E-state index in [1.807, 2.05) is 45.9 Å². The zero-order valence-corrected chi connectivity index (χ0v) is 23.8. The topological polar surface area (TPSA) is 75.7 Å². The van der Waals surface area contributed by atoms with Crippen molar-refractivity contribution in [2.45, 2.75) is 53.0 Å². The van der Waals surface area contributed by atoms with Crippen LogP contribution >= 0.6 is 0 Å². The number of hydrogen-bond acceptors (Lipinski definition) is 5. The Morgan fingerprint density at radius 1 is 1.03 bits per heavy atom. The van der Waals surface area contributed by atoms with Gasteiger partial charge in [-0.05, 0) is 99.7 Å². The van der Waals surface area contributed by atoms with Crippen molar-refractivity contribution in [2.24, 2.45) is 0 Å². The van der Waals surface area contributed by atoms with E-state index in [1.54, 1.807) is 45.0 Å². The van der Waals surface area contributed by atoms with Crippen molar-refractivity contribution >= 4 is 11.1 Å². The maximum Gasteiger partial charge on any atom is 0.153 e. The fourth-order valence-electron chi connectivity index (χ4n) is 4.34. The monoisotopic (exact) mass is 527 g/mol. The van der Waals surface area contributed by atoms with Crippen molar-refractivity contribution in [3.8, 4) is 5.75 Å². The van der Waals surface area contributed by atoms with Gasteiger partial charge in [0.15, 0.2) is 5.82 Å². The Morgan fingerprint density at radius 2 is 1.69 bits per heavy atom. The summed E-state index contributed by atoms with van der Waals surface area (Å²) in [5.74, 6) is 1.90. The van der Waals surface area contributed by atoms with Crippen molar-refractivity contribution in [1.82, 2.24) is 25.3 Å². The molecule has 1 aliphatic rings. The average molecular weight is 528 g/mol. The van der Waals surface area contributed by atoms with E-state index in [-0.39, 0.29) is 11.4 Å². The fraction of sp³-hybridized carbons (Fsp3) is 0.281. The molecule has 6 nitrogen and oxygen atoms in total. The van der Waals surface area contributed by atoms with Gasteiger partial charge >= 0.3 is 0 Å². The number of methoxy groups -OCH3 is 1. The molecule has 3 aromatic rings. The molecule has 0 atom stereocenters. The lowest BCUT2D eigenvalue weighted by molar-refractivity contribution is 0.411. The molecule has 4 rings (SSSR count). The quantitative estimate of drug-likeness (QED) is 0.281. The minimum absolute atomic E-state index is 0.00299. The number of rotatable bonds is 9. The van der Waals surface area contributed by atoms with Crippen molar-refractivity contribution in [2.75, 3.05) is 7.11 Å². The van der Waals surface area contributed by atoms with E-state index >= 15 is 4.39 Å². The molecule has 1 aromatic carbocycles. The first kappa shape index (κ1) is 29.3. The Kier molecular flexibility index (Phi) is 9.41. The third-order valence-corrected chi connectivity index (χ3v) is 6.91. The Balaban J connectivity index is 0.000000289. The SMILES string of the molecule is C=C(C)/C(C)=C(/C(C)=C(\F)C(=C)c1cc(C)c(OC)cc1C)c1ncc[nH]1.C=CNC1(c2ncccn2)CC1. The Morgan fingerprint density at radius 3 is 2.21 bits per heavy atom. The molecule has 7 heteroatoms. The third-order valence-electron chi connectivity index (χ3n) is 6.91. The number of imidazole rings is 1. The highest BCUT2D eigenvalue weighted by Crippen LogP contribution is 2.43. The molecule has 0 unspecified atom stereocenters. The van der Waals surface area contributed by atoms with Crippen molar-refractivity contribution in [3.63, 3.8) is 0 Å².